The second-order valence-electron chi connectivity index (χ2n) is 9.42. The molecule has 43 heavy (non-hydrogen) atoms. The van der Waals surface area contributed by atoms with Gasteiger partial charge in [0, 0.05) is 0 Å². The molecule has 8 nitrogen and oxygen atoms in total. The van der Waals surface area contributed by atoms with E-state index in [2.05, 4.69) is 19.9 Å². The van der Waals surface area contributed by atoms with E-state index in [1.165, 1.54) is 11.1 Å². The summed E-state index contributed by atoms with van der Waals surface area (Å²) in [5.41, 5.74) is 2.92. The van der Waals surface area contributed by atoms with Crippen LogP contribution in [0.5, 0.6) is 40.2 Å². The van der Waals surface area contributed by atoms with E-state index in [1.807, 2.05) is 48.5 Å². The monoisotopic (exact) mass is 590 g/mol. The topological polar surface area (TPSA) is 107 Å². The van der Waals surface area contributed by atoms with Gasteiger partial charge in [-0.05, 0) is 90.1 Å². The zero-order valence-corrected chi connectivity index (χ0v) is 25.9. The van der Waals surface area contributed by atoms with Crippen molar-refractivity contribution >= 4 is 12.6 Å². The van der Waals surface area contributed by atoms with Crippen molar-refractivity contribution < 1.29 is 38.8 Å². The largest absolute Gasteiger partial charge is 0.504 e. The maximum atomic E-state index is 9.28. The van der Waals surface area contributed by atoms with E-state index in [-0.39, 0.29) is 5.75 Å². The molecule has 9 heteroatoms. The lowest BCUT2D eigenvalue weighted by Gasteiger charge is -2.12. The molecule has 0 bridgehead atoms. The van der Waals surface area contributed by atoms with Gasteiger partial charge in [-0.3, -0.25) is 0 Å². The SMILES string of the molecule is CCCc1ccc(O)c(OC)c1.CCCc1ccc(Oc2ccc(OC)cc2)c(OC)c1.COc1ccc(B(O)O)cc1. The van der Waals surface area contributed by atoms with Crippen LogP contribution in [0, 0.1) is 0 Å². The Balaban J connectivity index is 0.000000241. The van der Waals surface area contributed by atoms with Gasteiger partial charge in [-0.15, -0.1) is 0 Å². The molecule has 0 aliphatic heterocycles. The van der Waals surface area contributed by atoms with Crippen LogP contribution in [0.25, 0.3) is 0 Å². The molecule has 0 unspecified atom stereocenters. The summed E-state index contributed by atoms with van der Waals surface area (Å²) < 4.78 is 26.2. The number of phenolic OH excluding ortho intramolecular Hbond substituents is 1. The number of hydrogen-bond acceptors (Lipinski definition) is 8. The van der Waals surface area contributed by atoms with Gasteiger partial charge in [0.2, 0.25) is 0 Å². The summed E-state index contributed by atoms with van der Waals surface area (Å²) in [5, 5.41) is 26.7. The first-order chi connectivity index (χ1) is 20.8. The Kier molecular flexibility index (Phi) is 15.4. The summed E-state index contributed by atoms with van der Waals surface area (Å²) in [6.45, 7) is 4.29. The van der Waals surface area contributed by atoms with E-state index in [0.717, 1.165) is 48.7 Å². The second kappa shape index (κ2) is 19.0. The number of aryl methyl sites for hydroxylation is 2. The van der Waals surface area contributed by atoms with Crippen molar-refractivity contribution in [1.82, 2.24) is 0 Å². The first-order valence-electron chi connectivity index (χ1n) is 14.1. The third kappa shape index (κ3) is 11.8. The molecule has 0 radical (unpaired) electrons. The summed E-state index contributed by atoms with van der Waals surface area (Å²) >= 11 is 0. The van der Waals surface area contributed by atoms with E-state index < -0.39 is 7.12 Å². The lowest BCUT2D eigenvalue weighted by atomic mass is 9.80. The first-order valence-corrected chi connectivity index (χ1v) is 14.1. The highest BCUT2D eigenvalue weighted by atomic mass is 16.5. The molecule has 0 amide bonds. The molecule has 0 aliphatic carbocycles. The van der Waals surface area contributed by atoms with E-state index >= 15 is 0 Å². The van der Waals surface area contributed by atoms with Crippen LogP contribution < -0.4 is 29.1 Å². The average molecular weight is 591 g/mol. The minimum Gasteiger partial charge on any atom is -0.504 e. The molecule has 0 heterocycles. The van der Waals surface area contributed by atoms with Crippen molar-refractivity contribution in [3.05, 3.63) is 96.1 Å². The molecule has 0 saturated heterocycles. The smallest absolute Gasteiger partial charge is 0.488 e. The van der Waals surface area contributed by atoms with Gasteiger partial charge < -0.3 is 38.8 Å². The van der Waals surface area contributed by atoms with Crippen LogP contribution in [0.4, 0.5) is 0 Å². The van der Waals surface area contributed by atoms with Gasteiger partial charge in [0.25, 0.3) is 0 Å². The fraction of sp³-hybridized carbons (Fsp3) is 0.294. The summed E-state index contributed by atoms with van der Waals surface area (Å²) in [7, 11) is 5.02. The van der Waals surface area contributed by atoms with E-state index in [4.69, 9.17) is 33.7 Å². The first kappa shape index (κ1) is 34.9. The molecule has 4 aromatic rings. The van der Waals surface area contributed by atoms with Crippen LogP contribution >= 0.6 is 0 Å². The van der Waals surface area contributed by atoms with E-state index in [9.17, 15) is 5.11 Å². The van der Waals surface area contributed by atoms with Gasteiger partial charge >= 0.3 is 7.12 Å². The van der Waals surface area contributed by atoms with Crippen molar-refractivity contribution in [2.75, 3.05) is 28.4 Å². The standard InChI is InChI=1S/C17H20O3.C10H14O2.C7H9BO3/c1-4-5-13-6-11-16(17(12-13)19-3)20-15-9-7-14(18-2)8-10-15;1-3-4-8-5-6-9(11)10(7-8)12-2;1-11-7-4-2-6(3-5-7)8(9)10/h6-12H,4-5H2,1-3H3;5-7,11H,3-4H2,1-2H3;2-5,9-10H,1H3. The number of aromatic hydroxyl groups is 1. The zero-order chi connectivity index (χ0) is 31.6. The van der Waals surface area contributed by atoms with Crippen molar-refractivity contribution in [3.8, 4) is 40.2 Å². The Labute approximate surface area is 255 Å². The van der Waals surface area contributed by atoms with Crippen LogP contribution in [-0.4, -0.2) is 50.7 Å². The van der Waals surface area contributed by atoms with Crippen molar-refractivity contribution in [1.29, 1.82) is 0 Å². The Morgan fingerprint density at radius 1 is 0.535 bits per heavy atom. The van der Waals surface area contributed by atoms with Crippen LogP contribution in [-0.2, 0) is 12.8 Å². The molecule has 230 valence electrons. The van der Waals surface area contributed by atoms with Gasteiger partial charge in [0.15, 0.2) is 23.0 Å². The maximum absolute atomic E-state index is 9.28. The molecule has 0 atom stereocenters. The molecule has 0 aromatic heterocycles. The minimum atomic E-state index is -1.40. The van der Waals surface area contributed by atoms with E-state index in [0.29, 0.717) is 17.0 Å². The van der Waals surface area contributed by atoms with Gasteiger partial charge in [0.05, 0.1) is 28.4 Å². The number of benzene rings is 4. The highest BCUT2D eigenvalue weighted by Gasteiger charge is 2.09. The number of hydrogen-bond donors (Lipinski definition) is 3. The molecule has 0 fully saturated rings. The third-order valence-corrected chi connectivity index (χ3v) is 6.25. The summed E-state index contributed by atoms with van der Waals surface area (Å²) in [6.07, 6.45) is 4.28. The molecular formula is C34H43BO8. The summed E-state index contributed by atoms with van der Waals surface area (Å²) in [6, 6.07) is 25.6. The molecule has 0 spiro atoms. The maximum Gasteiger partial charge on any atom is 0.488 e. The molecule has 0 aliphatic rings. The quantitative estimate of drug-likeness (QED) is 0.178. The highest BCUT2D eigenvalue weighted by molar-refractivity contribution is 6.58. The van der Waals surface area contributed by atoms with Gasteiger partial charge in [0.1, 0.15) is 17.2 Å². The Bertz CT molecular complexity index is 1340. The molecule has 4 rings (SSSR count). The number of phenols is 1. The number of rotatable bonds is 11. The summed E-state index contributed by atoms with van der Waals surface area (Å²) in [4.78, 5) is 0. The molecular weight excluding hydrogens is 547 g/mol. The van der Waals surface area contributed by atoms with Crippen LogP contribution in [0.2, 0.25) is 0 Å². The van der Waals surface area contributed by atoms with E-state index in [1.54, 1.807) is 58.8 Å². The van der Waals surface area contributed by atoms with Crippen molar-refractivity contribution in [3.63, 3.8) is 0 Å². The zero-order valence-electron chi connectivity index (χ0n) is 25.9. The predicted octanol–water partition coefficient (Wildman–Crippen LogP) is 6.18. The van der Waals surface area contributed by atoms with Crippen LogP contribution in [0.15, 0.2) is 84.9 Å². The third-order valence-electron chi connectivity index (χ3n) is 6.25. The Morgan fingerprint density at radius 3 is 1.47 bits per heavy atom. The van der Waals surface area contributed by atoms with Crippen LogP contribution in [0.1, 0.15) is 37.8 Å². The fourth-order valence-corrected chi connectivity index (χ4v) is 3.95. The summed E-state index contributed by atoms with van der Waals surface area (Å²) in [5.74, 6) is 4.51. The molecule has 0 saturated carbocycles. The normalized spacial score (nSPS) is 9.86. The van der Waals surface area contributed by atoms with Gasteiger partial charge in [-0.2, -0.15) is 0 Å². The Morgan fingerprint density at radius 2 is 1.00 bits per heavy atom. The fourth-order valence-electron chi connectivity index (χ4n) is 3.95. The molecule has 3 N–H and O–H groups in total. The highest BCUT2D eigenvalue weighted by Crippen LogP contribution is 2.33. The van der Waals surface area contributed by atoms with Crippen molar-refractivity contribution in [2.24, 2.45) is 0 Å². The van der Waals surface area contributed by atoms with Gasteiger partial charge in [-0.25, -0.2) is 0 Å². The van der Waals surface area contributed by atoms with Crippen molar-refractivity contribution in [2.45, 2.75) is 39.5 Å². The Hall–Kier alpha value is -4.34. The molecule has 4 aromatic carbocycles. The lowest BCUT2D eigenvalue weighted by molar-refractivity contribution is 0.373. The number of methoxy groups -OCH3 is 4. The van der Waals surface area contributed by atoms with Gasteiger partial charge in [-0.1, -0.05) is 51.0 Å². The second-order valence-corrected chi connectivity index (χ2v) is 9.42. The minimum absolute atomic E-state index is 0.206. The lowest BCUT2D eigenvalue weighted by Crippen LogP contribution is -2.29. The average Bonchev–Trinajstić information content (AvgIpc) is 3.04. The number of ether oxygens (including phenoxy) is 5. The van der Waals surface area contributed by atoms with Crippen LogP contribution in [0.3, 0.4) is 0 Å². The predicted molar refractivity (Wildman–Crippen MR) is 172 cm³/mol.